The lowest BCUT2D eigenvalue weighted by Gasteiger charge is -2.11. The van der Waals surface area contributed by atoms with Crippen LogP contribution in [-0.2, 0) is 6.54 Å². The molecule has 7 heteroatoms. The molecule has 0 saturated heterocycles. The fourth-order valence-corrected chi connectivity index (χ4v) is 2.77. The Kier molecular flexibility index (Phi) is 4.40. The minimum absolute atomic E-state index is 0.00277. The molecule has 0 spiro atoms. The van der Waals surface area contributed by atoms with Gasteiger partial charge in [-0.15, -0.1) is 0 Å². The zero-order valence-electron chi connectivity index (χ0n) is 14.2. The molecule has 132 valence electrons. The quantitative estimate of drug-likeness (QED) is 0.425. The van der Waals surface area contributed by atoms with Crippen LogP contribution in [0.3, 0.4) is 0 Å². The monoisotopic (exact) mass is 357 g/mol. The largest absolute Gasteiger partial charge is 0.365 e. The number of benzene rings is 2. The van der Waals surface area contributed by atoms with Crippen LogP contribution in [0.5, 0.6) is 0 Å². The lowest BCUT2D eigenvalue weighted by Crippen LogP contribution is -2.04. The fourth-order valence-electron chi connectivity index (χ4n) is 2.77. The molecule has 27 heavy (non-hydrogen) atoms. The summed E-state index contributed by atoms with van der Waals surface area (Å²) in [6, 6.07) is 18.1. The van der Waals surface area contributed by atoms with Gasteiger partial charge in [-0.25, -0.2) is 9.97 Å². The number of non-ortho nitro benzene ring substituents is 1. The molecule has 0 fully saturated rings. The van der Waals surface area contributed by atoms with Crippen molar-refractivity contribution >= 4 is 22.4 Å². The maximum Gasteiger partial charge on any atom is 0.270 e. The zero-order valence-corrected chi connectivity index (χ0v) is 14.2. The summed E-state index contributed by atoms with van der Waals surface area (Å²) < 4.78 is 0. The van der Waals surface area contributed by atoms with E-state index in [0.29, 0.717) is 29.1 Å². The van der Waals surface area contributed by atoms with Crippen molar-refractivity contribution in [2.75, 3.05) is 5.32 Å². The highest BCUT2D eigenvalue weighted by molar-refractivity contribution is 5.92. The molecular formula is C20H15N5O2. The molecule has 2 aromatic heterocycles. The van der Waals surface area contributed by atoms with Gasteiger partial charge in [-0.2, -0.15) is 0 Å². The van der Waals surface area contributed by atoms with Crippen LogP contribution in [0.25, 0.3) is 22.3 Å². The summed E-state index contributed by atoms with van der Waals surface area (Å²) in [6.07, 6.45) is 3.37. The first-order valence-corrected chi connectivity index (χ1v) is 8.35. The Morgan fingerprint density at radius 2 is 1.85 bits per heavy atom. The van der Waals surface area contributed by atoms with Crippen LogP contribution in [0.4, 0.5) is 11.5 Å². The molecule has 0 aliphatic heterocycles. The minimum Gasteiger partial charge on any atom is -0.365 e. The van der Waals surface area contributed by atoms with Crippen LogP contribution in [0.15, 0.2) is 73.1 Å². The summed E-state index contributed by atoms with van der Waals surface area (Å²) in [5, 5.41) is 15.1. The number of nitro benzene ring substituents is 1. The summed E-state index contributed by atoms with van der Waals surface area (Å²) >= 11 is 0. The SMILES string of the molecule is O=[N+]([O-])c1ccc2nc(-c3cccnc3)nc(NCc3ccccc3)c2c1. The smallest absolute Gasteiger partial charge is 0.270 e. The normalized spacial score (nSPS) is 10.7. The van der Waals surface area contributed by atoms with E-state index in [9.17, 15) is 10.1 Å². The van der Waals surface area contributed by atoms with E-state index in [-0.39, 0.29) is 5.69 Å². The Labute approximate surface area is 154 Å². The Morgan fingerprint density at radius 1 is 1.00 bits per heavy atom. The van der Waals surface area contributed by atoms with Crippen LogP contribution < -0.4 is 5.32 Å². The van der Waals surface area contributed by atoms with Crippen molar-refractivity contribution in [2.24, 2.45) is 0 Å². The molecule has 0 saturated carbocycles. The number of pyridine rings is 1. The van der Waals surface area contributed by atoms with Crippen molar-refractivity contribution < 1.29 is 4.92 Å². The molecule has 2 heterocycles. The predicted octanol–water partition coefficient (Wildman–Crippen LogP) is 4.21. The summed E-state index contributed by atoms with van der Waals surface area (Å²) in [5.41, 5.74) is 2.49. The van der Waals surface area contributed by atoms with E-state index in [1.54, 1.807) is 18.5 Å². The number of hydrogen-bond acceptors (Lipinski definition) is 6. The van der Waals surface area contributed by atoms with E-state index in [2.05, 4.69) is 20.3 Å². The molecule has 4 aromatic rings. The number of hydrogen-bond donors (Lipinski definition) is 1. The third-order valence-corrected chi connectivity index (χ3v) is 4.11. The number of fused-ring (bicyclic) bond motifs is 1. The van der Waals surface area contributed by atoms with Gasteiger partial charge < -0.3 is 5.32 Å². The van der Waals surface area contributed by atoms with Crippen molar-refractivity contribution in [1.82, 2.24) is 15.0 Å². The third-order valence-electron chi connectivity index (χ3n) is 4.11. The van der Waals surface area contributed by atoms with E-state index in [1.165, 1.54) is 12.1 Å². The lowest BCUT2D eigenvalue weighted by atomic mass is 10.1. The Morgan fingerprint density at radius 3 is 2.59 bits per heavy atom. The molecule has 0 aliphatic carbocycles. The second-order valence-corrected chi connectivity index (χ2v) is 5.94. The number of aromatic nitrogens is 3. The average molecular weight is 357 g/mol. The van der Waals surface area contributed by atoms with E-state index in [0.717, 1.165) is 11.1 Å². The van der Waals surface area contributed by atoms with Crippen molar-refractivity contribution in [3.63, 3.8) is 0 Å². The average Bonchev–Trinajstić information content (AvgIpc) is 2.72. The van der Waals surface area contributed by atoms with Crippen LogP contribution in [0.1, 0.15) is 5.56 Å². The van der Waals surface area contributed by atoms with E-state index < -0.39 is 4.92 Å². The lowest BCUT2D eigenvalue weighted by molar-refractivity contribution is -0.384. The number of anilines is 1. The first kappa shape index (κ1) is 16.6. The molecule has 2 aromatic carbocycles. The van der Waals surface area contributed by atoms with Crippen LogP contribution >= 0.6 is 0 Å². The van der Waals surface area contributed by atoms with Gasteiger partial charge in [-0.3, -0.25) is 15.1 Å². The highest BCUT2D eigenvalue weighted by Gasteiger charge is 2.14. The highest BCUT2D eigenvalue weighted by atomic mass is 16.6. The van der Waals surface area contributed by atoms with E-state index in [1.807, 2.05) is 42.5 Å². The van der Waals surface area contributed by atoms with Crippen molar-refractivity contribution in [1.29, 1.82) is 0 Å². The standard InChI is InChI=1S/C20H15N5O2/c26-25(27)16-8-9-18-17(11-16)20(22-12-14-5-2-1-3-6-14)24-19(23-18)15-7-4-10-21-13-15/h1-11,13H,12H2,(H,22,23,24). The third kappa shape index (κ3) is 3.57. The maximum absolute atomic E-state index is 11.2. The Hall–Kier alpha value is -3.87. The highest BCUT2D eigenvalue weighted by Crippen LogP contribution is 2.28. The second kappa shape index (κ2) is 7.17. The first-order chi connectivity index (χ1) is 13.2. The van der Waals surface area contributed by atoms with E-state index in [4.69, 9.17) is 0 Å². The molecule has 0 radical (unpaired) electrons. The van der Waals surface area contributed by atoms with Gasteiger partial charge in [-0.1, -0.05) is 30.3 Å². The predicted molar refractivity (Wildman–Crippen MR) is 103 cm³/mol. The summed E-state index contributed by atoms with van der Waals surface area (Å²) in [5.74, 6) is 1.06. The van der Waals surface area contributed by atoms with Gasteiger partial charge in [0.15, 0.2) is 5.82 Å². The molecule has 1 N–H and O–H groups in total. The number of nitrogens with zero attached hydrogens (tertiary/aromatic N) is 4. The second-order valence-electron chi connectivity index (χ2n) is 5.94. The number of rotatable bonds is 5. The Balaban J connectivity index is 1.81. The molecule has 4 rings (SSSR count). The minimum atomic E-state index is -0.421. The molecule has 0 bridgehead atoms. The molecule has 0 amide bonds. The number of nitro groups is 1. The summed E-state index contributed by atoms with van der Waals surface area (Å²) in [7, 11) is 0. The summed E-state index contributed by atoms with van der Waals surface area (Å²) in [4.78, 5) is 24.0. The molecule has 0 aliphatic rings. The Bertz CT molecular complexity index is 1100. The van der Waals surface area contributed by atoms with Gasteiger partial charge in [-0.05, 0) is 23.8 Å². The first-order valence-electron chi connectivity index (χ1n) is 8.35. The van der Waals surface area contributed by atoms with E-state index >= 15 is 0 Å². The fraction of sp³-hybridized carbons (Fsp3) is 0.0500. The summed E-state index contributed by atoms with van der Waals surface area (Å²) in [6.45, 7) is 0.544. The molecule has 0 atom stereocenters. The van der Waals surface area contributed by atoms with Gasteiger partial charge in [0.25, 0.3) is 5.69 Å². The zero-order chi connectivity index (χ0) is 18.6. The van der Waals surface area contributed by atoms with Crippen molar-refractivity contribution in [3.05, 3.63) is 88.7 Å². The topological polar surface area (TPSA) is 93.8 Å². The molecule has 0 unspecified atom stereocenters. The molecule has 7 nitrogen and oxygen atoms in total. The van der Waals surface area contributed by atoms with Gasteiger partial charge in [0, 0.05) is 42.0 Å². The van der Waals surface area contributed by atoms with Crippen LogP contribution in [-0.4, -0.2) is 19.9 Å². The van der Waals surface area contributed by atoms with Crippen LogP contribution in [0, 0.1) is 10.1 Å². The molecular weight excluding hydrogens is 342 g/mol. The number of nitrogens with one attached hydrogen (secondary N) is 1. The van der Waals surface area contributed by atoms with Gasteiger partial charge >= 0.3 is 0 Å². The maximum atomic E-state index is 11.2. The van der Waals surface area contributed by atoms with Crippen molar-refractivity contribution in [3.8, 4) is 11.4 Å². The van der Waals surface area contributed by atoms with Gasteiger partial charge in [0.2, 0.25) is 0 Å². The van der Waals surface area contributed by atoms with Crippen LogP contribution in [0.2, 0.25) is 0 Å². The van der Waals surface area contributed by atoms with Gasteiger partial charge in [0.1, 0.15) is 5.82 Å². The van der Waals surface area contributed by atoms with Crippen molar-refractivity contribution in [2.45, 2.75) is 6.54 Å². The van der Waals surface area contributed by atoms with Gasteiger partial charge in [0.05, 0.1) is 10.4 Å².